The predicted molar refractivity (Wildman–Crippen MR) is 78.4 cm³/mol. The molecule has 19 heavy (non-hydrogen) atoms. The minimum absolute atomic E-state index is 0. The Morgan fingerprint density at radius 3 is 2.58 bits per heavy atom. The molecular formula is C13H26ClN3O2. The number of rotatable bonds is 6. The van der Waals surface area contributed by atoms with E-state index < -0.39 is 0 Å². The van der Waals surface area contributed by atoms with E-state index in [1.165, 1.54) is 0 Å². The Morgan fingerprint density at radius 2 is 1.95 bits per heavy atom. The van der Waals surface area contributed by atoms with Gasteiger partial charge in [0.25, 0.3) is 0 Å². The van der Waals surface area contributed by atoms with Crippen LogP contribution in [0.4, 0.5) is 0 Å². The number of hydrogen-bond donors (Lipinski definition) is 2. The number of carbonyl (C=O) groups excluding carboxylic acids is 2. The highest BCUT2D eigenvalue weighted by molar-refractivity contribution is 5.87. The van der Waals surface area contributed by atoms with Crippen LogP contribution in [0.3, 0.4) is 0 Å². The number of nitrogens with one attached hydrogen (secondary N) is 2. The Balaban J connectivity index is 0.00000324. The molecule has 1 fully saturated rings. The summed E-state index contributed by atoms with van der Waals surface area (Å²) in [6, 6.07) is -0.257. The first-order chi connectivity index (χ1) is 8.70. The van der Waals surface area contributed by atoms with Crippen molar-refractivity contribution in [2.45, 2.75) is 45.6 Å². The molecule has 2 N–H and O–H groups in total. The highest BCUT2D eigenvalue weighted by atomic mass is 35.5. The van der Waals surface area contributed by atoms with Gasteiger partial charge in [-0.1, -0.05) is 13.8 Å². The van der Waals surface area contributed by atoms with Crippen molar-refractivity contribution in [1.29, 1.82) is 0 Å². The Hall–Kier alpha value is -0.810. The third-order valence-corrected chi connectivity index (χ3v) is 3.28. The van der Waals surface area contributed by atoms with E-state index in [2.05, 4.69) is 10.6 Å². The van der Waals surface area contributed by atoms with E-state index >= 15 is 0 Å². The molecule has 1 rings (SSSR count). The van der Waals surface area contributed by atoms with Crippen LogP contribution in [0.15, 0.2) is 0 Å². The number of likely N-dealkylation sites (N-methyl/N-ethyl adjacent to an activating group) is 1. The van der Waals surface area contributed by atoms with Crippen molar-refractivity contribution in [2.24, 2.45) is 0 Å². The van der Waals surface area contributed by atoms with E-state index in [1.807, 2.05) is 13.8 Å². The fourth-order valence-electron chi connectivity index (χ4n) is 2.27. The van der Waals surface area contributed by atoms with Crippen LogP contribution in [0.25, 0.3) is 0 Å². The van der Waals surface area contributed by atoms with E-state index in [4.69, 9.17) is 0 Å². The van der Waals surface area contributed by atoms with Gasteiger partial charge in [-0.2, -0.15) is 0 Å². The third-order valence-electron chi connectivity index (χ3n) is 3.28. The van der Waals surface area contributed by atoms with Crippen LogP contribution in [-0.2, 0) is 9.59 Å². The molecule has 5 nitrogen and oxygen atoms in total. The largest absolute Gasteiger partial charge is 0.353 e. The van der Waals surface area contributed by atoms with E-state index in [0.29, 0.717) is 13.0 Å². The monoisotopic (exact) mass is 291 g/mol. The summed E-state index contributed by atoms with van der Waals surface area (Å²) in [7, 11) is 0. The number of likely N-dealkylation sites (tertiary alicyclic amines) is 1. The van der Waals surface area contributed by atoms with Gasteiger partial charge >= 0.3 is 0 Å². The Morgan fingerprint density at radius 1 is 1.21 bits per heavy atom. The molecule has 0 aliphatic carbocycles. The summed E-state index contributed by atoms with van der Waals surface area (Å²) in [4.78, 5) is 25.6. The normalized spacial score (nSPS) is 18.6. The van der Waals surface area contributed by atoms with E-state index in [0.717, 1.165) is 38.9 Å². The third kappa shape index (κ3) is 5.78. The van der Waals surface area contributed by atoms with Gasteiger partial charge in [-0.15, -0.1) is 12.4 Å². The van der Waals surface area contributed by atoms with Gasteiger partial charge in [0.15, 0.2) is 0 Å². The smallest absolute Gasteiger partial charge is 0.242 e. The van der Waals surface area contributed by atoms with Crippen molar-refractivity contribution >= 4 is 24.2 Å². The van der Waals surface area contributed by atoms with Crippen LogP contribution in [0, 0.1) is 0 Å². The zero-order chi connectivity index (χ0) is 13.4. The predicted octanol–water partition coefficient (Wildman–Crippen LogP) is 0.925. The number of nitrogens with zero attached hydrogens (tertiary/aromatic N) is 1. The maximum Gasteiger partial charge on any atom is 0.242 e. The molecule has 1 atom stereocenters. The lowest BCUT2D eigenvalue weighted by Crippen LogP contribution is -2.52. The van der Waals surface area contributed by atoms with Gasteiger partial charge in [0, 0.05) is 26.1 Å². The van der Waals surface area contributed by atoms with Gasteiger partial charge in [-0.3, -0.25) is 9.59 Å². The molecule has 1 heterocycles. The second-order valence-electron chi connectivity index (χ2n) is 4.60. The second kappa shape index (κ2) is 10.0. The van der Waals surface area contributed by atoms with Crippen LogP contribution in [0.2, 0.25) is 0 Å². The van der Waals surface area contributed by atoms with Crippen molar-refractivity contribution in [3.63, 3.8) is 0 Å². The van der Waals surface area contributed by atoms with Crippen molar-refractivity contribution in [3.05, 3.63) is 0 Å². The summed E-state index contributed by atoms with van der Waals surface area (Å²) >= 11 is 0. The van der Waals surface area contributed by atoms with Crippen molar-refractivity contribution < 1.29 is 9.59 Å². The van der Waals surface area contributed by atoms with E-state index in [-0.39, 0.29) is 30.3 Å². The molecule has 1 aliphatic heterocycles. The van der Waals surface area contributed by atoms with Gasteiger partial charge < -0.3 is 15.5 Å². The molecule has 0 aromatic rings. The Labute approximate surface area is 121 Å². The molecule has 112 valence electrons. The van der Waals surface area contributed by atoms with Crippen LogP contribution in [0.5, 0.6) is 0 Å². The molecule has 0 aromatic carbocycles. The fourth-order valence-corrected chi connectivity index (χ4v) is 2.27. The first-order valence-corrected chi connectivity index (χ1v) is 6.98. The van der Waals surface area contributed by atoms with Gasteiger partial charge in [-0.05, 0) is 25.8 Å². The summed E-state index contributed by atoms with van der Waals surface area (Å²) in [5, 5.41) is 6.06. The minimum Gasteiger partial charge on any atom is -0.353 e. The molecule has 2 amide bonds. The van der Waals surface area contributed by atoms with E-state index in [9.17, 15) is 9.59 Å². The first kappa shape index (κ1) is 18.2. The standard InChI is InChI=1S/C13H25N3O2.ClH/c1-3-12(17)16-10-6-5-7-11(16)13(18)15-9-8-14-4-2;/h11,14H,3-10H2,1-2H3,(H,15,18);1H. The molecular weight excluding hydrogens is 266 g/mol. The zero-order valence-corrected chi connectivity index (χ0v) is 12.7. The Kier molecular flexibility index (Phi) is 9.61. The van der Waals surface area contributed by atoms with Gasteiger partial charge in [-0.25, -0.2) is 0 Å². The number of carbonyl (C=O) groups is 2. The average Bonchev–Trinajstić information content (AvgIpc) is 2.42. The highest BCUT2D eigenvalue weighted by Gasteiger charge is 2.30. The van der Waals surface area contributed by atoms with Crippen LogP contribution < -0.4 is 10.6 Å². The summed E-state index contributed by atoms with van der Waals surface area (Å²) < 4.78 is 0. The van der Waals surface area contributed by atoms with Gasteiger partial charge in [0.05, 0.1) is 0 Å². The van der Waals surface area contributed by atoms with Crippen molar-refractivity contribution in [2.75, 3.05) is 26.2 Å². The SMILES string of the molecule is CCNCCNC(=O)C1CCCCN1C(=O)CC.Cl. The topological polar surface area (TPSA) is 61.4 Å². The maximum absolute atomic E-state index is 12.1. The highest BCUT2D eigenvalue weighted by Crippen LogP contribution is 2.18. The molecule has 6 heteroatoms. The second-order valence-corrected chi connectivity index (χ2v) is 4.60. The number of amides is 2. The van der Waals surface area contributed by atoms with Crippen molar-refractivity contribution in [3.8, 4) is 0 Å². The number of hydrogen-bond acceptors (Lipinski definition) is 3. The lowest BCUT2D eigenvalue weighted by molar-refractivity contribution is -0.142. The fraction of sp³-hybridized carbons (Fsp3) is 0.846. The molecule has 1 saturated heterocycles. The lowest BCUT2D eigenvalue weighted by Gasteiger charge is -2.34. The summed E-state index contributed by atoms with van der Waals surface area (Å²) in [5.41, 5.74) is 0. The van der Waals surface area contributed by atoms with E-state index in [1.54, 1.807) is 4.90 Å². The lowest BCUT2D eigenvalue weighted by atomic mass is 10.0. The maximum atomic E-state index is 12.1. The van der Waals surface area contributed by atoms with Crippen LogP contribution in [0.1, 0.15) is 39.5 Å². The molecule has 0 bridgehead atoms. The zero-order valence-electron chi connectivity index (χ0n) is 11.9. The molecule has 1 unspecified atom stereocenters. The molecule has 0 spiro atoms. The average molecular weight is 292 g/mol. The summed E-state index contributed by atoms with van der Waals surface area (Å²) in [6.07, 6.45) is 3.30. The Bertz CT molecular complexity index is 287. The molecule has 1 aliphatic rings. The molecule has 0 radical (unpaired) electrons. The molecule has 0 saturated carbocycles. The number of piperidine rings is 1. The minimum atomic E-state index is -0.257. The summed E-state index contributed by atoms with van der Waals surface area (Å²) in [5.74, 6) is 0.0796. The molecule has 0 aromatic heterocycles. The quantitative estimate of drug-likeness (QED) is 0.716. The number of halogens is 1. The first-order valence-electron chi connectivity index (χ1n) is 6.98. The van der Waals surface area contributed by atoms with Gasteiger partial charge in [0.1, 0.15) is 6.04 Å². The summed E-state index contributed by atoms with van der Waals surface area (Å²) in [6.45, 7) is 6.90. The van der Waals surface area contributed by atoms with Crippen LogP contribution in [-0.4, -0.2) is 48.9 Å². The van der Waals surface area contributed by atoms with Crippen molar-refractivity contribution in [1.82, 2.24) is 15.5 Å². The van der Waals surface area contributed by atoms with Crippen LogP contribution >= 0.6 is 12.4 Å². The van der Waals surface area contributed by atoms with Gasteiger partial charge in [0.2, 0.25) is 11.8 Å².